The molecule has 0 radical (unpaired) electrons. The normalized spacial score (nSPS) is 14.6. The van der Waals surface area contributed by atoms with Crippen molar-refractivity contribution in [3.63, 3.8) is 0 Å². The first-order chi connectivity index (χ1) is 10.1. The summed E-state index contributed by atoms with van der Waals surface area (Å²) >= 11 is 0. The number of hydrogen-bond donors (Lipinski definition) is 3. The van der Waals surface area contributed by atoms with E-state index < -0.39 is 6.10 Å². The summed E-state index contributed by atoms with van der Waals surface area (Å²) in [5.74, 6) is 0.493. The summed E-state index contributed by atoms with van der Waals surface area (Å²) in [6, 6.07) is 0. The van der Waals surface area contributed by atoms with Gasteiger partial charge in [0.05, 0.1) is 18.8 Å². The van der Waals surface area contributed by atoms with Crippen molar-refractivity contribution < 1.29 is 14.9 Å². The third-order valence-corrected chi connectivity index (χ3v) is 3.46. The molecule has 4 nitrogen and oxygen atoms in total. The van der Waals surface area contributed by atoms with Crippen molar-refractivity contribution in [3.8, 4) is 0 Å². The maximum Gasteiger partial charge on any atom is 0.0897 e. The highest BCUT2D eigenvalue weighted by Crippen LogP contribution is 2.05. The van der Waals surface area contributed by atoms with Crippen LogP contribution in [0.3, 0.4) is 0 Å². The molecule has 2 unspecified atom stereocenters. The fraction of sp³-hybridized carbons (Fsp3) is 1.00. The number of aliphatic hydroxyl groups excluding tert-OH is 2. The van der Waals surface area contributed by atoms with E-state index >= 15 is 0 Å². The largest absolute Gasteiger partial charge is 0.392 e. The van der Waals surface area contributed by atoms with E-state index in [2.05, 4.69) is 26.1 Å². The fourth-order valence-corrected chi connectivity index (χ4v) is 2.31. The van der Waals surface area contributed by atoms with Crippen molar-refractivity contribution >= 4 is 0 Å². The fourth-order valence-electron chi connectivity index (χ4n) is 2.31. The van der Waals surface area contributed by atoms with E-state index in [0.29, 0.717) is 25.6 Å². The van der Waals surface area contributed by atoms with E-state index in [1.165, 1.54) is 32.1 Å². The maximum absolute atomic E-state index is 9.75. The van der Waals surface area contributed by atoms with E-state index in [-0.39, 0.29) is 6.10 Å². The van der Waals surface area contributed by atoms with E-state index in [1.54, 1.807) is 0 Å². The molecule has 0 amide bonds. The Labute approximate surface area is 131 Å². The summed E-state index contributed by atoms with van der Waals surface area (Å²) in [4.78, 5) is 0. The van der Waals surface area contributed by atoms with Crippen LogP contribution in [0, 0.1) is 5.92 Å². The molecular formula is C17H37NO3. The van der Waals surface area contributed by atoms with Gasteiger partial charge in [0, 0.05) is 19.7 Å². The van der Waals surface area contributed by atoms with Crippen molar-refractivity contribution in [1.29, 1.82) is 0 Å². The molecule has 0 aromatic rings. The number of nitrogens with one attached hydrogen (secondary N) is 1. The van der Waals surface area contributed by atoms with Crippen molar-refractivity contribution in [2.45, 2.75) is 77.9 Å². The first-order valence-corrected chi connectivity index (χ1v) is 8.70. The third kappa shape index (κ3) is 16.0. The minimum atomic E-state index is -0.489. The van der Waals surface area contributed by atoms with E-state index in [4.69, 9.17) is 4.74 Å². The quantitative estimate of drug-likeness (QED) is 0.407. The molecule has 0 heterocycles. The Hall–Kier alpha value is -0.160. The van der Waals surface area contributed by atoms with Gasteiger partial charge in [-0.25, -0.2) is 0 Å². The van der Waals surface area contributed by atoms with Gasteiger partial charge in [-0.2, -0.15) is 0 Å². The lowest BCUT2D eigenvalue weighted by Crippen LogP contribution is -2.35. The topological polar surface area (TPSA) is 61.7 Å². The summed E-state index contributed by atoms with van der Waals surface area (Å²) in [6.07, 6.45) is 7.48. The summed E-state index contributed by atoms with van der Waals surface area (Å²) in [6.45, 7) is 8.53. The van der Waals surface area contributed by atoms with Gasteiger partial charge in [-0.3, -0.25) is 0 Å². The summed E-state index contributed by atoms with van der Waals surface area (Å²) < 4.78 is 5.47. The minimum Gasteiger partial charge on any atom is -0.392 e. The highest BCUT2D eigenvalue weighted by atomic mass is 16.5. The van der Waals surface area contributed by atoms with Gasteiger partial charge in [0.15, 0.2) is 0 Å². The molecule has 21 heavy (non-hydrogen) atoms. The second-order valence-electron chi connectivity index (χ2n) is 6.44. The summed E-state index contributed by atoms with van der Waals surface area (Å²) in [5, 5.41) is 22.5. The molecule has 0 aromatic heterocycles. The predicted molar refractivity (Wildman–Crippen MR) is 88.5 cm³/mol. The molecule has 0 aliphatic heterocycles. The lowest BCUT2D eigenvalue weighted by molar-refractivity contribution is 0.0333. The molecule has 128 valence electrons. The SMILES string of the molecule is CCCCCCCCOCC(O)CNCC(O)CC(C)C. The van der Waals surface area contributed by atoms with Crippen LogP contribution in [0.15, 0.2) is 0 Å². The zero-order chi connectivity index (χ0) is 15.9. The number of rotatable bonds is 15. The van der Waals surface area contributed by atoms with Crippen molar-refractivity contribution in [2.75, 3.05) is 26.3 Å². The maximum atomic E-state index is 9.75. The van der Waals surface area contributed by atoms with Crippen LogP contribution in [0.5, 0.6) is 0 Å². The van der Waals surface area contributed by atoms with Crippen LogP contribution in [0.4, 0.5) is 0 Å². The van der Waals surface area contributed by atoms with Crippen LogP contribution < -0.4 is 5.32 Å². The van der Waals surface area contributed by atoms with E-state index in [0.717, 1.165) is 19.4 Å². The van der Waals surface area contributed by atoms with Gasteiger partial charge in [0.1, 0.15) is 0 Å². The van der Waals surface area contributed by atoms with Crippen LogP contribution in [0.2, 0.25) is 0 Å². The lowest BCUT2D eigenvalue weighted by atomic mass is 10.1. The zero-order valence-electron chi connectivity index (χ0n) is 14.3. The Bertz CT molecular complexity index is 212. The molecule has 0 aliphatic carbocycles. The van der Waals surface area contributed by atoms with Gasteiger partial charge in [0.2, 0.25) is 0 Å². The highest BCUT2D eigenvalue weighted by molar-refractivity contribution is 4.64. The Morgan fingerprint density at radius 3 is 2.19 bits per heavy atom. The Morgan fingerprint density at radius 2 is 1.52 bits per heavy atom. The van der Waals surface area contributed by atoms with Crippen LogP contribution in [0.25, 0.3) is 0 Å². The van der Waals surface area contributed by atoms with Crippen molar-refractivity contribution in [2.24, 2.45) is 5.92 Å². The number of aliphatic hydroxyl groups is 2. The van der Waals surface area contributed by atoms with Crippen LogP contribution in [0.1, 0.15) is 65.7 Å². The highest BCUT2D eigenvalue weighted by Gasteiger charge is 2.08. The lowest BCUT2D eigenvalue weighted by Gasteiger charge is -2.16. The zero-order valence-corrected chi connectivity index (χ0v) is 14.3. The molecule has 0 bridgehead atoms. The average Bonchev–Trinajstić information content (AvgIpc) is 2.41. The van der Waals surface area contributed by atoms with E-state index in [9.17, 15) is 10.2 Å². The monoisotopic (exact) mass is 303 g/mol. The molecule has 0 saturated heterocycles. The molecule has 0 aliphatic rings. The summed E-state index contributed by atoms with van der Waals surface area (Å²) in [5.41, 5.74) is 0. The number of hydrogen-bond acceptors (Lipinski definition) is 4. The second kappa shape index (κ2) is 14.8. The molecule has 4 heteroatoms. The van der Waals surface area contributed by atoms with Crippen LogP contribution >= 0.6 is 0 Å². The minimum absolute atomic E-state index is 0.332. The molecule has 0 rings (SSSR count). The van der Waals surface area contributed by atoms with Gasteiger partial charge in [-0.15, -0.1) is 0 Å². The first kappa shape index (κ1) is 20.8. The van der Waals surface area contributed by atoms with Crippen LogP contribution in [-0.4, -0.2) is 48.7 Å². The predicted octanol–water partition coefficient (Wildman–Crippen LogP) is 2.72. The first-order valence-electron chi connectivity index (χ1n) is 8.70. The summed E-state index contributed by atoms with van der Waals surface area (Å²) in [7, 11) is 0. The molecule has 0 fully saturated rings. The average molecular weight is 303 g/mol. The Kier molecular flexibility index (Phi) is 14.7. The Balaban J connectivity index is 3.28. The van der Waals surface area contributed by atoms with E-state index in [1.807, 2.05) is 0 Å². The smallest absolute Gasteiger partial charge is 0.0897 e. The van der Waals surface area contributed by atoms with Gasteiger partial charge in [0.25, 0.3) is 0 Å². The molecule has 0 spiro atoms. The van der Waals surface area contributed by atoms with Gasteiger partial charge in [-0.05, 0) is 18.8 Å². The van der Waals surface area contributed by atoms with Crippen molar-refractivity contribution in [3.05, 3.63) is 0 Å². The number of unbranched alkanes of at least 4 members (excludes halogenated alkanes) is 5. The Morgan fingerprint density at radius 1 is 0.905 bits per heavy atom. The second-order valence-corrected chi connectivity index (χ2v) is 6.44. The molecular weight excluding hydrogens is 266 g/mol. The van der Waals surface area contributed by atoms with Crippen LogP contribution in [-0.2, 0) is 4.74 Å². The standard InChI is InChI=1S/C17H37NO3/c1-4-5-6-7-8-9-10-21-14-17(20)13-18-12-16(19)11-15(2)3/h15-20H,4-14H2,1-3H3. The van der Waals surface area contributed by atoms with Crippen molar-refractivity contribution in [1.82, 2.24) is 5.32 Å². The third-order valence-electron chi connectivity index (χ3n) is 3.46. The molecule has 3 N–H and O–H groups in total. The molecule has 2 atom stereocenters. The van der Waals surface area contributed by atoms with Gasteiger partial charge in [-0.1, -0.05) is 52.9 Å². The number of ether oxygens (including phenoxy) is 1. The van der Waals surface area contributed by atoms with Gasteiger partial charge >= 0.3 is 0 Å². The molecule has 0 aromatic carbocycles. The van der Waals surface area contributed by atoms with Gasteiger partial charge < -0.3 is 20.3 Å². The molecule has 0 saturated carbocycles.